The maximum atomic E-state index is 9.56. The van der Waals surface area contributed by atoms with Gasteiger partial charge in [-0.05, 0) is 13.8 Å². The minimum Gasteiger partial charge on any atom is -0.853 e. The van der Waals surface area contributed by atoms with Gasteiger partial charge in [-0.3, -0.25) is 0 Å². The van der Waals surface area contributed by atoms with Crippen molar-refractivity contribution < 1.29 is 39.2 Å². The van der Waals surface area contributed by atoms with Gasteiger partial charge in [-0.25, -0.2) is 0 Å². The number of rotatable bonds is 6. The normalized spacial score (nSPS) is 8.31. The van der Waals surface area contributed by atoms with Crippen molar-refractivity contribution in [1.82, 2.24) is 0 Å². The Morgan fingerprint density at radius 2 is 1.15 bits per heavy atom. The zero-order chi connectivity index (χ0) is 9.66. The first-order valence-electron chi connectivity index (χ1n) is 4.15. The Morgan fingerprint density at radius 1 is 0.846 bits per heavy atom. The first-order chi connectivity index (χ1) is 5.83. The van der Waals surface area contributed by atoms with Gasteiger partial charge in [0.2, 0.25) is 0 Å². The second-order valence-corrected chi connectivity index (χ2v) is 1.80. The fourth-order valence-corrected chi connectivity index (χ4v) is 0.407. The molecule has 0 amide bonds. The van der Waals surface area contributed by atoms with Crippen LogP contribution in [-0.2, 0) is 29.0 Å². The average molecular weight is 244 g/mol. The van der Waals surface area contributed by atoms with Crippen molar-refractivity contribution in [2.24, 2.45) is 0 Å². The predicted molar refractivity (Wildman–Crippen MR) is 42.7 cm³/mol. The molecule has 0 fully saturated rings. The van der Waals surface area contributed by atoms with Crippen molar-refractivity contribution in [3.63, 3.8) is 0 Å². The van der Waals surface area contributed by atoms with E-state index in [0.717, 1.165) is 0 Å². The zero-order valence-corrected chi connectivity index (χ0v) is 11.5. The van der Waals surface area contributed by atoms with Gasteiger partial charge < -0.3 is 19.7 Å². The topological polar surface area (TPSA) is 64.6 Å². The zero-order valence-electron chi connectivity index (χ0n) is 8.58. The molecular formula is C8H18O4Zn. The molecule has 0 unspecified atom stereocenters. The second-order valence-electron chi connectivity index (χ2n) is 1.80. The van der Waals surface area contributed by atoms with Crippen LogP contribution in [0.5, 0.6) is 0 Å². The summed E-state index contributed by atoms with van der Waals surface area (Å²) in [6.07, 6.45) is 0. The molecule has 0 N–H and O–H groups in total. The third kappa shape index (κ3) is 32.7. The molecule has 0 spiro atoms. The van der Waals surface area contributed by atoms with Crippen LogP contribution in [0, 0.1) is 0 Å². The summed E-state index contributed by atoms with van der Waals surface area (Å²) < 4.78 is 9.34. The fourth-order valence-electron chi connectivity index (χ4n) is 0.407. The summed E-state index contributed by atoms with van der Waals surface area (Å²) in [6.45, 7) is 5.53. The smallest absolute Gasteiger partial charge is 0.853 e. The molecule has 0 aliphatic rings. The van der Waals surface area contributed by atoms with Gasteiger partial charge in [-0.15, -0.1) is 13.2 Å². The van der Waals surface area contributed by atoms with Crippen LogP contribution < -0.4 is 10.2 Å². The molecule has 0 atom stereocenters. The van der Waals surface area contributed by atoms with E-state index in [-0.39, 0.29) is 32.7 Å². The molecule has 4 nitrogen and oxygen atoms in total. The van der Waals surface area contributed by atoms with Crippen LogP contribution in [0.4, 0.5) is 0 Å². The number of hydrogen-bond acceptors (Lipinski definition) is 4. The van der Waals surface area contributed by atoms with Gasteiger partial charge in [0, 0.05) is 26.4 Å². The Morgan fingerprint density at radius 3 is 1.23 bits per heavy atom. The molecule has 13 heavy (non-hydrogen) atoms. The predicted octanol–water partition coefficient (Wildman–Crippen LogP) is -1.24. The van der Waals surface area contributed by atoms with Crippen molar-refractivity contribution in [3.05, 3.63) is 0 Å². The molecule has 0 rings (SSSR count). The summed E-state index contributed by atoms with van der Waals surface area (Å²) in [5.74, 6) is 0. The SMILES string of the molecule is CCOCC[O-].CCOCC[O-].[Zn+2]. The van der Waals surface area contributed by atoms with Gasteiger partial charge >= 0.3 is 19.5 Å². The van der Waals surface area contributed by atoms with Crippen LogP contribution in [-0.4, -0.2) is 39.6 Å². The van der Waals surface area contributed by atoms with E-state index in [0.29, 0.717) is 26.4 Å². The van der Waals surface area contributed by atoms with E-state index < -0.39 is 0 Å². The standard InChI is InChI=1S/2C4H9O2.Zn/c2*1-2-6-4-3-5;/h2*2-4H2,1H3;/q2*-1;+2. The first kappa shape index (κ1) is 19.1. The summed E-state index contributed by atoms with van der Waals surface area (Å²) in [6, 6.07) is 0. The average Bonchev–Trinajstić information content (AvgIpc) is 2.12. The van der Waals surface area contributed by atoms with E-state index in [4.69, 9.17) is 0 Å². The van der Waals surface area contributed by atoms with Crippen LogP contribution in [0.25, 0.3) is 0 Å². The molecule has 0 bridgehead atoms. The number of ether oxygens (including phenoxy) is 2. The summed E-state index contributed by atoms with van der Waals surface area (Å²) in [5.41, 5.74) is 0. The molecular weight excluding hydrogens is 225 g/mol. The molecule has 5 heteroatoms. The van der Waals surface area contributed by atoms with E-state index >= 15 is 0 Å². The van der Waals surface area contributed by atoms with Crippen molar-refractivity contribution in [3.8, 4) is 0 Å². The fraction of sp³-hybridized carbons (Fsp3) is 1.00. The summed E-state index contributed by atoms with van der Waals surface area (Å²) >= 11 is 0. The molecule has 0 radical (unpaired) electrons. The largest absolute Gasteiger partial charge is 2.00 e. The third-order valence-electron chi connectivity index (χ3n) is 0.864. The van der Waals surface area contributed by atoms with Crippen molar-refractivity contribution in [1.29, 1.82) is 0 Å². The van der Waals surface area contributed by atoms with Gasteiger partial charge in [0.1, 0.15) is 0 Å². The van der Waals surface area contributed by atoms with E-state index in [1.54, 1.807) is 0 Å². The Hall–Kier alpha value is 0.463. The van der Waals surface area contributed by atoms with Crippen LogP contribution in [0.2, 0.25) is 0 Å². The second kappa shape index (κ2) is 22.9. The Bertz CT molecular complexity index is 48.1. The summed E-state index contributed by atoms with van der Waals surface area (Å²) in [5, 5.41) is 19.1. The number of hydrogen-bond donors (Lipinski definition) is 0. The maximum absolute atomic E-state index is 9.56. The van der Waals surface area contributed by atoms with Crippen molar-refractivity contribution in [2.75, 3.05) is 39.6 Å². The van der Waals surface area contributed by atoms with Gasteiger partial charge in [0.25, 0.3) is 0 Å². The molecule has 0 saturated carbocycles. The van der Waals surface area contributed by atoms with Crippen LogP contribution in [0.1, 0.15) is 13.8 Å². The molecule has 0 heterocycles. The Balaban J connectivity index is -0.000000143. The summed E-state index contributed by atoms with van der Waals surface area (Å²) in [7, 11) is 0. The molecule has 0 aliphatic carbocycles. The quantitative estimate of drug-likeness (QED) is 0.433. The van der Waals surface area contributed by atoms with E-state index in [2.05, 4.69) is 9.47 Å². The van der Waals surface area contributed by atoms with Crippen molar-refractivity contribution >= 4 is 0 Å². The maximum Gasteiger partial charge on any atom is 2.00 e. The molecule has 0 aliphatic heterocycles. The van der Waals surface area contributed by atoms with Gasteiger partial charge in [-0.1, -0.05) is 0 Å². The van der Waals surface area contributed by atoms with E-state index in [1.807, 2.05) is 13.8 Å². The minimum absolute atomic E-state index is 0. The molecule has 0 saturated heterocycles. The van der Waals surface area contributed by atoms with E-state index in [1.165, 1.54) is 0 Å². The molecule has 0 aromatic rings. The van der Waals surface area contributed by atoms with Crippen LogP contribution >= 0.6 is 0 Å². The molecule has 0 aromatic carbocycles. The summed E-state index contributed by atoms with van der Waals surface area (Å²) in [4.78, 5) is 0. The Kier molecular flexibility index (Phi) is 33.6. The van der Waals surface area contributed by atoms with Crippen molar-refractivity contribution in [2.45, 2.75) is 13.8 Å². The van der Waals surface area contributed by atoms with Gasteiger partial charge in [-0.2, -0.15) is 0 Å². The van der Waals surface area contributed by atoms with E-state index in [9.17, 15) is 10.2 Å². The minimum atomic E-state index is -0.117. The molecule has 0 aromatic heterocycles. The van der Waals surface area contributed by atoms with Crippen LogP contribution in [0.15, 0.2) is 0 Å². The first-order valence-corrected chi connectivity index (χ1v) is 4.15. The third-order valence-corrected chi connectivity index (χ3v) is 0.864. The monoisotopic (exact) mass is 242 g/mol. The van der Waals surface area contributed by atoms with Gasteiger partial charge in [0.05, 0.1) is 0 Å². The van der Waals surface area contributed by atoms with Crippen LogP contribution in [0.3, 0.4) is 0 Å². The van der Waals surface area contributed by atoms with Gasteiger partial charge in [0.15, 0.2) is 0 Å². The molecule has 76 valence electrons. The Labute approximate surface area is 93.0 Å².